The molecule has 0 saturated carbocycles. The SMILES string of the molecule is Cc1cc(Nc2nc(C#N)c(F)c(C[C@@]3(C(=O)O)CCN(Cc4cccc(Cl)c4F)[C@H](C)C3)n2)n[nH]1. The highest BCUT2D eigenvalue weighted by molar-refractivity contribution is 6.30. The van der Waals surface area contributed by atoms with Crippen molar-refractivity contribution in [3.8, 4) is 6.07 Å². The van der Waals surface area contributed by atoms with Crippen molar-refractivity contribution in [3.05, 3.63) is 63.6 Å². The molecule has 3 heterocycles. The number of carbonyl (C=O) groups is 1. The molecule has 3 aromatic rings. The lowest BCUT2D eigenvalue weighted by Crippen LogP contribution is -2.50. The molecule has 188 valence electrons. The zero-order valence-corrected chi connectivity index (χ0v) is 20.4. The number of carboxylic acids is 1. The monoisotopic (exact) mass is 515 g/mol. The molecule has 0 aliphatic carbocycles. The lowest BCUT2D eigenvalue weighted by Gasteiger charge is -2.43. The Hall–Kier alpha value is -3.62. The van der Waals surface area contributed by atoms with Gasteiger partial charge in [-0.25, -0.2) is 13.8 Å². The lowest BCUT2D eigenvalue weighted by molar-refractivity contribution is -0.153. The van der Waals surface area contributed by atoms with E-state index in [-0.39, 0.29) is 48.5 Å². The average molecular weight is 516 g/mol. The Morgan fingerprint density at radius 3 is 2.81 bits per heavy atom. The van der Waals surface area contributed by atoms with Crippen LogP contribution in [0.2, 0.25) is 5.02 Å². The molecule has 4 rings (SSSR count). The predicted molar refractivity (Wildman–Crippen MR) is 128 cm³/mol. The van der Waals surface area contributed by atoms with Crippen LogP contribution in [0.5, 0.6) is 0 Å². The number of anilines is 2. The fourth-order valence-electron chi connectivity index (χ4n) is 4.59. The van der Waals surface area contributed by atoms with E-state index in [2.05, 4.69) is 25.5 Å². The largest absolute Gasteiger partial charge is 0.481 e. The number of H-pyrrole nitrogens is 1. The van der Waals surface area contributed by atoms with E-state index in [1.165, 1.54) is 6.07 Å². The molecule has 0 spiro atoms. The van der Waals surface area contributed by atoms with Gasteiger partial charge in [0.25, 0.3) is 0 Å². The standard InChI is InChI=1S/C24H24ClF2N7O2/c1-13-8-19(33-32-13)31-23-29-17(21(27)18(11-28)30-23)10-24(22(35)36)6-7-34(14(2)9-24)12-15-4-3-5-16(25)20(15)26/h3-5,8,14H,6-7,9-10,12H2,1-2H3,(H,35,36)(H2,29,30,31,32,33)/t14-,24-/m1/s1. The van der Waals surface area contributed by atoms with Gasteiger partial charge < -0.3 is 10.4 Å². The number of aryl methyl sites for hydroxylation is 1. The Kier molecular flexibility index (Phi) is 7.19. The van der Waals surface area contributed by atoms with Gasteiger partial charge >= 0.3 is 5.97 Å². The van der Waals surface area contributed by atoms with Crippen LogP contribution in [0.1, 0.15) is 42.4 Å². The van der Waals surface area contributed by atoms with E-state index < -0.39 is 28.7 Å². The number of aliphatic carboxylic acids is 1. The molecule has 0 radical (unpaired) electrons. The number of nitriles is 1. The van der Waals surface area contributed by atoms with E-state index in [0.29, 0.717) is 17.9 Å². The molecule has 1 aliphatic heterocycles. The molecule has 2 aromatic heterocycles. The van der Waals surface area contributed by atoms with Crippen LogP contribution in [0, 0.1) is 35.3 Å². The van der Waals surface area contributed by atoms with E-state index in [4.69, 9.17) is 11.6 Å². The number of rotatable bonds is 7. The number of nitrogens with zero attached hydrogens (tertiary/aromatic N) is 5. The summed E-state index contributed by atoms with van der Waals surface area (Å²) in [5.74, 6) is -2.22. The van der Waals surface area contributed by atoms with Crippen LogP contribution in [0.15, 0.2) is 24.3 Å². The van der Waals surface area contributed by atoms with Crippen molar-refractivity contribution in [1.82, 2.24) is 25.1 Å². The van der Waals surface area contributed by atoms with Crippen LogP contribution >= 0.6 is 11.6 Å². The van der Waals surface area contributed by atoms with Gasteiger partial charge in [0, 0.05) is 36.3 Å². The number of halogens is 3. The summed E-state index contributed by atoms with van der Waals surface area (Å²) in [6.45, 7) is 4.25. The lowest BCUT2D eigenvalue weighted by atomic mass is 9.72. The molecule has 9 nitrogen and oxygen atoms in total. The maximum Gasteiger partial charge on any atom is 0.310 e. The number of aromatic amines is 1. The summed E-state index contributed by atoms with van der Waals surface area (Å²) in [6, 6.07) is 7.90. The molecule has 0 bridgehead atoms. The first-order valence-corrected chi connectivity index (χ1v) is 11.7. The quantitative estimate of drug-likeness (QED) is 0.423. The molecular weight excluding hydrogens is 492 g/mol. The second-order valence-electron chi connectivity index (χ2n) is 9.08. The second-order valence-corrected chi connectivity index (χ2v) is 9.49. The molecule has 0 amide bonds. The van der Waals surface area contributed by atoms with Crippen LogP contribution in [-0.4, -0.2) is 48.7 Å². The number of likely N-dealkylation sites (tertiary alicyclic amines) is 1. The van der Waals surface area contributed by atoms with Gasteiger partial charge in [-0.2, -0.15) is 15.3 Å². The van der Waals surface area contributed by atoms with Crippen molar-refractivity contribution in [2.24, 2.45) is 5.41 Å². The molecule has 12 heteroatoms. The maximum atomic E-state index is 15.1. The van der Waals surface area contributed by atoms with Gasteiger partial charge in [-0.1, -0.05) is 23.7 Å². The van der Waals surface area contributed by atoms with E-state index >= 15 is 4.39 Å². The van der Waals surface area contributed by atoms with E-state index in [0.717, 1.165) is 5.69 Å². The molecule has 2 atom stereocenters. The molecule has 3 N–H and O–H groups in total. The van der Waals surface area contributed by atoms with Gasteiger partial charge in [0.1, 0.15) is 11.9 Å². The summed E-state index contributed by atoms with van der Waals surface area (Å²) in [4.78, 5) is 22.5. The topological polar surface area (TPSA) is 131 Å². The highest BCUT2D eigenvalue weighted by Gasteiger charge is 2.45. The van der Waals surface area contributed by atoms with Gasteiger partial charge in [-0.15, -0.1) is 0 Å². The van der Waals surface area contributed by atoms with Crippen molar-refractivity contribution in [1.29, 1.82) is 5.26 Å². The third-order valence-corrected chi connectivity index (χ3v) is 6.82. The zero-order valence-electron chi connectivity index (χ0n) is 19.6. The highest BCUT2D eigenvalue weighted by Crippen LogP contribution is 2.39. The van der Waals surface area contributed by atoms with Crippen LogP contribution in [0.4, 0.5) is 20.5 Å². The molecule has 36 heavy (non-hydrogen) atoms. The summed E-state index contributed by atoms with van der Waals surface area (Å²) in [5, 5.41) is 29.2. The van der Waals surface area contributed by atoms with Gasteiger partial charge in [0.05, 0.1) is 16.1 Å². The zero-order chi connectivity index (χ0) is 26.0. The van der Waals surface area contributed by atoms with E-state index in [9.17, 15) is 19.6 Å². The number of carboxylic acid groups (broad SMARTS) is 1. The van der Waals surface area contributed by atoms with Gasteiger partial charge in [-0.3, -0.25) is 14.8 Å². The van der Waals surface area contributed by atoms with Gasteiger partial charge in [-0.05, 0) is 39.3 Å². The normalized spacial score (nSPS) is 20.2. The fourth-order valence-corrected chi connectivity index (χ4v) is 4.78. The first-order valence-electron chi connectivity index (χ1n) is 11.3. The molecule has 1 aliphatic rings. The number of nitrogens with one attached hydrogen (secondary N) is 2. The number of piperidine rings is 1. The summed E-state index contributed by atoms with van der Waals surface area (Å²) < 4.78 is 29.5. The summed E-state index contributed by atoms with van der Waals surface area (Å²) in [5.41, 5.74) is -0.798. The van der Waals surface area contributed by atoms with Crippen LogP contribution in [0.25, 0.3) is 0 Å². The van der Waals surface area contributed by atoms with Gasteiger partial charge in [0.15, 0.2) is 17.3 Å². The fraction of sp³-hybridized carbons (Fsp3) is 0.375. The summed E-state index contributed by atoms with van der Waals surface area (Å²) >= 11 is 5.90. The number of hydrogen-bond donors (Lipinski definition) is 3. The number of benzene rings is 1. The smallest absolute Gasteiger partial charge is 0.310 e. The van der Waals surface area contributed by atoms with Crippen molar-refractivity contribution < 1.29 is 18.7 Å². The first kappa shape index (κ1) is 25.5. The summed E-state index contributed by atoms with van der Waals surface area (Å²) in [6.07, 6.45) is 0.127. The number of aromatic nitrogens is 4. The molecule has 0 unspecified atom stereocenters. The maximum absolute atomic E-state index is 15.1. The minimum atomic E-state index is -1.33. The van der Waals surface area contributed by atoms with Crippen LogP contribution in [-0.2, 0) is 17.8 Å². The van der Waals surface area contributed by atoms with Crippen molar-refractivity contribution in [2.45, 2.75) is 45.7 Å². The van der Waals surface area contributed by atoms with Gasteiger partial charge in [0.2, 0.25) is 5.95 Å². The van der Waals surface area contributed by atoms with E-state index in [1.807, 2.05) is 11.8 Å². The average Bonchev–Trinajstić information content (AvgIpc) is 3.24. The minimum Gasteiger partial charge on any atom is -0.481 e. The number of hydrogen-bond acceptors (Lipinski definition) is 7. The van der Waals surface area contributed by atoms with Crippen LogP contribution < -0.4 is 5.32 Å². The van der Waals surface area contributed by atoms with Crippen molar-refractivity contribution in [3.63, 3.8) is 0 Å². The third kappa shape index (κ3) is 5.15. The molecule has 1 saturated heterocycles. The Bertz CT molecular complexity index is 1340. The highest BCUT2D eigenvalue weighted by atomic mass is 35.5. The third-order valence-electron chi connectivity index (χ3n) is 6.52. The van der Waals surface area contributed by atoms with Crippen molar-refractivity contribution >= 4 is 29.3 Å². The second kappa shape index (κ2) is 10.2. The Balaban J connectivity index is 1.58. The predicted octanol–water partition coefficient (Wildman–Crippen LogP) is 4.35. The minimum absolute atomic E-state index is 0.0268. The first-order chi connectivity index (χ1) is 17.1. The Labute approximate surface area is 211 Å². The van der Waals surface area contributed by atoms with E-state index in [1.54, 1.807) is 31.2 Å². The Morgan fingerprint density at radius 2 is 2.17 bits per heavy atom. The van der Waals surface area contributed by atoms with Crippen LogP contribution in [0.3, 0.4) is 0 Å². The van der Waals surface area contributed by atoms with Crippen molar-refractivity contribution in [2.75, 3.05) is 11.9 Å². The summed E-state index contributed by atoms with van der Waals surface area (Å²) in [7, 11) is 0. The molecule has 1 aromatic carbocycles. The molecular formula is C24H24ClF2N7O2. The Morgan fingerprint density at radius 1 is 1.39 bits per heavy atom. The molecule has 1 fully saturated rings.